The fraction of sp³-hybridized carbons (Fsp3) is 0.400. The zero-order valence-corrected chi connectivity index (χ0v) is 8.67. The van der Waals surface area contributed by atoms with Crippen LogP contribution in [-0.2, 0) is 0 Å². The molecule has 0 spiro atoms. The van der Waals surface area contributed by atoms with Crippen molar-refractivity contribution in [2.45, 2.75) is 18.9 Å². The maximum Gasteiger partial charge on any atom is 0.0810 e. The molecule has 0 heterocycles. The van der Waals surface area contributed by atoms with Crippen molar-refractivity contribution in [3.05, 3.63) is 28.8 Å². The maximum absolute atomic E-state index is 9.74. The van der Waals surface area contributed by atoms with Crippen molar-refractivity contribution in [3.8, 4) is 0 Å². The molecule has 4 heteroatoms. The molecule has 0 radical (unpaired) electrons. The number of aliphatic hydroxyl groups excluding tert-OH is 1. The minimum Gasteiger partial charge on any atom is -0.398 e. The van der Waals surface area contributed by atoms with E-state index in [4.69, 9.17) is 23.1 Å². The molecule has 1 rings (SSSR count). The highest BCUT2D eigenvalue weighted by Gasteiger charge is 2.10. The number of anilines is 1. The van der Waals surface area contributed by atoms with E-state index in [1.807, 2.05) is 0 Å². The normalized spacial score (nSPS) is 12.8. The molecule has 0 aliphatic carbocycles. The van der Waals surface area contributed by atoms with Gasteiger partial charge < -0.3 is 16.6 Å². The van der Waals surface area contributed by atoms with Gasteiger partial charge in [-0.05, 0) is 31.5 Å². The Bertz CT molecular complexity index is 304. The Kier molecular flexibility index (Phi) is 4.20. The Morgan fingerprint density at radius 1 is 1.43 bits per heavy atom. The van der Waals surface area contributed by atoms with Gasteiger partial charge in [-0.1, -0.05) is 17.7 Å². The maximum atomic E-state index is 9.74. The third kappa shape index (κ3) is 2.87. The van der Waals surface area contributed by atoms with E-state index in [9.17, 15) is 5.11 Å². The Balaban J connectivity index is 2.74. The number of nitrogens with two attached hydrogens (primary N) is 2. The van der Waals surface area contributed by atoms with Crippen molar-refractivity contribution in [1.29, 1.82) is 0 Å². The van der Waals surface area contributed by atoms with Gasteiger partial charge in [0.05, 0.1) is 6.10 Å². The number of hydrogen-bond donors (Lipinski definition) is 3. The minimum atomic E-state index is -0.546. The van der Waals surface area contributed by atoms with E-state index >= 15 is 0 Å². The molecule has 0 aliphatic heterocycles. The third-order valence-corrected chi connectivity index (χ3v) is 2.32. The quantitative estimate of drug-likeness (QED) is 0.668. The molecule has 1 aromatic rings. The van der Waals surface area contributed by atoms with E-state index in [2.05, 4.69) is 0 Å². The molecular formula is C10H15ClN2O. The molecule has 0 aromatic heterocycles. The largest absolute Gasteiger partial charge is 0.398 e. The molecule has 1 atom stereocenters. The van der Waals surface area contributed by atoms with Crippen LogP contribution in [0.1, 0.15) is 24.5 Å². The lowest BCUT2D eigenvalue weighted by Crippen LogP contribution is -2.05. The number of halogens is 1. The van der Waals surface area contributed by atoms with Gasteiger partial charge in [-0.3, -0.25) is 0 Å². The average molecular weight is 215 g/mol. The molecule has 0 fully saturated rings. The molecule has 5 N–H and O–H groups in total. The molecule has 1 unspecified atom stereocenters. The Hall–Kier alpha value is -0.770. The Morgan fingerprint density at radius 2 is 2.14 bits per heavy atom. The molecule has 78 valence electrons. The van der Waals surface area contributed by atoms with Crippen molar-refractivity contribution < 1.29 is 5.11 Å². The zero-order chi connectivity index (χ0) is 10.6. The van der Waals surface area contributed by atoms with Crippen LogP contribution in [0.3, 0.4) is 0 Å². The van der Waals surface area contributed by atoms with Crippen LogP contribution < -0.4 is 11.5 Å². The molecule has 0 amide bonds. The van der Waals surface area contributed by atoms with Crippen LogP contribution in [0.4, 0.5) is 5.69 Å². The number of hydrogen-bond acceptors (Lipinski definition) is 3. The molecule has 0 bridgehead atoms. The fourth-order valence-electron chi connectivity index (χ4n) is 1.32. The van der Waals surface area contributed by atoms with Crippen molar-refractivity contribution in [1.82, 2.24) is 0 Å². The highest BCUT2D eigenvalue weighted by Crippen LogP contribution is 2.26. The highest BCUT2D eigenvalue weighted by atomic mass is 35.5. The standard InChI is InChI=1S/C10H15ClN2O/c11-7-3-4-8(9(13)6-7)10(14)2-1-5-12/h3-4,6,10,14H,1-2,5,12-13H2. The van der Waals surface area contributed by atoms with Gasteiger partial charge in [0.2, 0.25) is 0 Å². The number of nitrogen functional groups attached to an aromatic ring is 1. The predicted molar refractivity (Wildman–Crippen MR) is 59.1 cm³/mol. The van der Waals surface area contributed by atoms with Crippen molar-refractivity contribution in [2.24, 2.45) is 5.73 Å². The Labute approximate surface area is 88.7 Å². The second kappa shape index (κ2) is 5.20. The summed E-state index contributed by atoms with van der Waals surface area (Å²) in [5.74, 6) is 0. The van der Waals surface area contributed by atoms with Gasteiger partial charge in [0.25, 0.3) is 0 Å². The van der Waals surface area contributed by atoms with Crippen LogP contribution in [-0.4, -0.2) is 11.7 Å². The van der Waals surface area contributed by atoms with Gasteiger partial charge in [0.1, 0.15) is 0 Å². The summed E-state index contributed by atoms with van der Waals surface area (Å²) >= 11 is 5.74. The SMILES string of the molecule is NCCCC(O)c1ccc(Cl)cc1N. The van der Waals surface area contributed by atoms with Crippen LogP contribution in [0.5, 0.6) is 0 Å². The predicted octanol–water partition coefficient (Wildman–Crippen LogP) is 1.69. The monoisotopic (exact) mass is 214 g/mol. The summed E-state index contributed by atoms with van der Waals surface area (Å²) < 4.78 is 0. The summed E-state index contributed by atoms with van der Waals surface area (Å²) in [6.07, 6.45) is 0.863. The van der Waals surface area contributed by atoms with E-state index in [1.54, 1.807) is 18.2 Å². The van der Waals surface area contributed by atoms with E-state index < -0.39 is 6.10 Å². The summed E-state index contributed by atoms with van der Waals surface area (Å²) in [4.78, 5) is 0. The van der Waals surface area contributed by atoms with Crippen LogP contribution in [0, 0.1) is 0 Å². The van der Waals surface area contributed by atoms with Crippen LogP contribution >= 0.6 is 11.6 Å². The molecule has 14 heavy (non-hydrogen) atoms. The van der Waals surface area contributed by atoms with Gasteiger partial charge >= 0.3 is 0 Å². The Morgan fingerprint density at radius 3 is 2.71 bits per heavy atom. The van der Waals surface area contributed by atoms with Gasteiger partial charge in [0, 0.05) is 16.3 Å². The second-order valence-electron chi connectivity index (χ2n) is 3.22. The lowest BCUT2D eigenvalue weighted by molar-refractivity contribution is 0.166. The number of rotatable bonds is 4. The van der Waals surface area contributed by atoms with Crippen LogP contribution in [0.15, 0.2) is 18.2 Å². The first kappa shape index (κ1) is 11.3. The summed E-state index contributed by atoms with van der Waals surface area (Å²) in [6.45, 7) is 0.574. The van der Waals surface area contributed by atoms with Crippen molar-refractivity contribution in [3.63, 3.8) is 0 Å². The van der Waals surface area contributed by atoms with Gasteiger partial charge in [-0.25, -0.2) is 0 Å². The summed E-state index contributed by atoms with van der Waals surface area (Å²) in [5, 5.41) is 10.3. The van der Waals surface area contributed by atoms with Crippen molar-refractivity contribution >= 4 is 17.3 Å². The van der Waals surface area contributed by atoms with E-state index in [0.717, 1.165) is 12.0 Å². The molecule has 3 nitrogen and oxygen atoms in total. The highest BCUT2D eigenvalue weighted by molar-refractivity contribution is 6.30. The van der Waals surface area contributed by atoms with Gasteiger partial charge in [0.15, 0.2) is 0 Å². The van der Waals surface area contributed by atoms with E-state index in [-0.39, 0.29) is 0 Å². The topological polar surface area (TPSA) is 72.3 Å². The van der Waals surface area contributed by atoms with Gasteiger partial charge in [-0.2, -0.15) is 0 Å². The first-order chi connectivity index (χ1) is 6.65. The van der Waals surface area contributed by atoms with E-state index in [1.165, 1.54) is 0 Å². The summed E-state index contributed by atoms with van der Waals surface area (Å²) in [7, 11) is 0. The first-order valence-electron chi connectivity index (χ1n) is 4.58. The molecule has 0 saturated carbocycles. The summed E-state index contributed by atoms with van der Waals surface area (Å²) in [6, 6.07) is 5.11. The second-order valence-corrected chi connectivity index (χ2v) is 3.66. The van der Waals surface area contributed by atoms with Crippen molar-refractivity contribution in [2.75, 3.05) is 12.3 Å². The first-order valence-corrected chi connectivity index (χ1v) is 4.96. The molecule has 1 aromatic carbocycles. The minimum absolute atomic E-state index is 0.530. The lowest BCUT2D eigenvalue weighted by Gasteiger charge is -2.12. The smallest absolute Gasteiger partial charge is 0.0810 e. The van der Waals surface area contributed by atoms with Gasteiger partial charge in [-0.15, -0.1) is 0 Å². The molecular weight excluding hydrogens is 200 g/mol. The zero-order valence-electron chi connectivity index (χ0n) is 7.91. The fourth-order valence-corrected chi connectivity index (χ4v) is 1.50. The van der Waals surface area contributed by atoms with E-state index in [0.29, 0.717) is 23.7 Å². The average Bonchev–Trinajstić information content (AvgIpc) is 2.14. The summed E-state index contributed by atoms with van der Waals surface area (Å²) in [5.41, 5.74) is 12.3. The molecule has 0 aliphatic rings. The van der Waals surface area contributed by atoms with Crippen LogP contribution in [0.25, 0.3) is 0 Å². The number of aliphatic hydroxyl groups is 1. The lowest BCUT2D eigenvalue weighted by atomic mass is 10.0. The third-order valence-electron chi connectivity index (χ3n) is 2.09. The number of benzene rings is 1. The molecule has 0 saturated heterocycles. The van der Waals surface area contributed by atoms with Crippen LogP contribution in [0.2, 0.25) is 5.02 Å².